The zero-order valence-corrected chi connectivity index (χ0v) is 8.24. The molecule has 0 radical (unpaired) electrons. The van der Waals surface area contributed by atoms with E-state index >= 15 is 0 Å². The summed E-state index contributed by atoms with van der Waals surface area (Å²) in [4.78, 5) is 10.6. The molecule has 0 bridgehead atoms. The van der Waals surface area contributed by atoms with E-state index < -0.39 is 11.5 Å². The van der Waals surface area contributed by atoms with Crippen molar-refractivity contribution in [1.29, 1.82) is 0 Å². The van der Waals surface area contributed by atoms with E-state index in [1.54, 1.807) is 0 Å². The van der Waals surface area contributed by atoms with Crippen molar-refractivity contribution in [2.75, 3.05) is 6.61 Å². The van der Waals surface area contributed by atoms with E-state index in [-0.39, 0.29) is 12.4 Å². The van der Waals surface area contributed by atoms with Gasteiger partial charge in [-0.1, -0.05) is 0 Å². The predicted molar refractivity (Wildman–Crippen MR) is 52.1 cm³/mol. The fourth-order valence-corrected chi connectivity index (χ4v) is 0.826. The second-order valence-electron chi connectivity index (χ2n) is 3.47. The number of aliphatic carboxylic acids is 1. The first-order chi connectivity index (χ1) is 6.92. The summed E-state index contributed by atoms with van der Waals surface area (Å²) in [5.41, 5.74) is 3.99. The minimum absolute atomic E-state index is 0.173. The molecule has 0 aromatic heterocycles. The number of benzene rings is 1. The van der Waals surface area contributed by atoms with Gasteiger partial charge in [-0.15, -0.1) is 0 Å². The number of rotatable bonds is 4. The van der Waals surface area contributed by atoms with Crippen molar-refractivity contribution in [3.63, 3.8) is 0 Å². The summed E-state index contributed by atoms with van der Waals surface area (Å²) < 4.78 is 17.6. The molecular weight excluding hydrogens is 201 g/mol. The molecule has 0 saturated carbocycles. The lowest BCUT2D eigenvalue weighted by atomic mass is 10.1. The van der Waals surface area contributed by atoms with Crippen LogP contribution in [0.3, 0.4) is 0 Å². The Morgan fingerprint density at radius 3 is 2.53 bits per heavy atom. The molecule has 0 aliphatic rings. The Balaban J connectivity index is 2.57. The highest BCUT2D eigenvalue weighted by atomic mass is 19.1. The van der Waals surface area contributed by atoms with Crippen molar-refractivity contribution in [2.24, 2.45) is 5.73 Å². The van der Waals surface area contributed by atoms with Gasteiger partial charge in [-0.25, -0.2) is 4.39 Å². The fraction of sp³-hybridized carbons (Fsp3) is 0.300. The molecule has 0 aliphatic carbocycles. The molecule has 0 fully saturated rings. The maximum Gasteiger partial charge on any atom is 0.326 e. The summed E-state index contributed by atoms with van der Waals surface area (Å²) in [7, 11) is 0. The molecule has 1 atom stereocenters. The molecule has 1 unspecified atom stereocenters. The second-order valence-corrected chi connectivity index (χ2v) is 3.47. The maximum atomic E-state index is 12.5. The fourth-order valence-electron chi connectivity index (χ4n) is 0.826. The normalized spacial score (nSPS) is 14.3. The van der Waals surface area contributed by atoms with Crippen LogP contribution in [0, 0.1) is 5.82 Å². The third-order valence-corrected chi connectivity index (χ3v) is 1.84. The van der Waals surface area contributed by atoms with E-state index in [0.717, 1.165) is 0 Å². The molecular formula is C10H12FNO3. The lowest BCUT2D eigenvalue weighted by Gasteiger charge is -2.19. The zero-order chi connectivity index (χ0) is 11.5. The summed E-state index contributed by atoms with van der Waals surface area (Å²) >= 11 is 0. The van der Waals surface area contributed by atoms with Crippen LogP contribution in [0.5, 0.6) is 5.75 Å². The molecule has 4 nitrogen and oxygen atoms in total. The molecule has 0 saturated heterocycles. The van der Waals surface area contributed by atoms with E-state index in [2.05, 4.69) is 0 Å². The molecule has 1 aromatic carbocycles. The summed E-state index contributed by atoms with van der Waals surface area (Å²) in [5, 5.41) is 8.70. The van der Waals surface area contributed by atoms with Gasteiger partial charge in [0.15, 0.2) is 0 Å². The zero-order valence-electron chi connectivity index (χ0n) is 8.24. The number of halogens is 1. The van der Waals surface area contributed by atoms with Crippen molar-refractivity contribution < 1.29 is 19.0 Å². The average Bonchev–Trinajstić information content (AvgIpc) is 2.17. The van der Waals surface area contributed by atoms with Gasteiger partial charge in [0.2, 0.25) is 0 Å². The first-order valence-corrected chi connectivity index (χ1v) is 4.32. The van der Waals surface area contributed by atoms with Crippen LogP contribution >= 0.6 is 0 Å². The summed E-state index contributed by atoms with van der Waals surface area (Å²) in [6.07, 6.45) is 0. The molecule has 5 heteroatoms. The summed E-state index contributed by atoms with van der Waals surface area (Å²) in [6, 6.07) is 5.27. The Morgan fingerprint density at radius 2 is 2.07 bits per heavy atom. The monoisotopic (exact) mass is 213 g/mol. The van der Waals surface area contributed by atoms with Crippen molar-refractivity contribution >= 4 is 5.97 Å². The second kappa shape index (κ2) is 4.27. The molecule has 0 amide bonds. The Bertz CT molecular complexity index is 348. The van der Waals surface area contributed by atoms with E-state index in [9.17, 15) is 9.18 Å². The molecule has 0 heterocycles. The van der Waals surface area contributed by atoms with Crippen molar-refractivity contribution in [1.82, 2.24) is 0 Å². The number of hydrogen-bond acceptors (Lipinski definition) is 3. The summed E-state index contributed by atoms with van der Waals surface area (Å²) in [5.74, 6) is -1.14. The van der Waals surface area contributed by atoms with Crippen molar-refractivity contribution in [3.8, 4) is 5.75 Å². The lowest BCUT2D eigenvalue weighted by Crippen LogP contribution is -2.49. The highest BCUT2D eigenvalue weighted by Crippen LogP contribution is 2.12. The van der Waals surface area contributed by atoms with Crippen LogP contribution in [0.25, 0.3) is 0 Å². The minimum Gasteiger partial charge on any atom is -0.491 e. The van der Waals surface area contributed by atoms with Crippen molar-refractivity contribution in [2.45, 2.75) is 12.5 Å². The third-order valence-electron chi connectivity index (χ3n) is 1.84. The Morgan fingerprint density at radius 1 is 1.53 bits per heavy atom. The minimum atomic E-state index is -1.45. The SMILES string of the molecule is CC(N)(COc1ccc(F)cc1)C(=O)O. The molecule has 15 heavy (non-hydrogen) atoms. The van der Waals surface area contributed by atoms with Crippen LogP contribution in [0.15, 0.2) is 24.3 Å². The van der Waals surface area contributed by atoms with Crippen LogP contribution in [0.4, 0.5) is 4.39 Å². The number of ether oxygens (including phenoxy) is 1. The van der Waals surface area contributed by atoms with Crippen LogP contribution in [0.2, 0.25) is 0 Å². The van der Waals surface area contributed by atoms with Gasteiger partial charge in [0.1, 0.15) is 23.7 Å². The van der Waals surface area contributed by atoms with Gasteiger partial charge in [-0.05, 0) is 31.2 Å². The number of nitrogens with two attached hydrogens (primary N) is 1. The molecule has 0 spiro atoms. The number of carboxylic acid groups (broad SMARTS) is 1. The Labute approximate surface area is 86.5 Å². The highest BCUT2D eigenvalue weighted by molar-refractivity contribution is 5.78. The van der Waals surface area contributed by atoms with E-state index in [0.29, 0.717) is 5.75 Å². The van der Waals surface area contributed by atoms with Gasteiger partial charge in [0, 0.05) is 0 Å². The lowest BCUT2D eigenvalue weighted by molar-refractivity contribution is -0.143. The molecule has 3 N–H and O–H groups in total. The summed E-state index contributed by atoms with van der Waals surface area (Å²) in [6.45, 7) is 1.17. The first kappa shape index (κ1) is 11.5. The predicted octanol–water partition coefficient (Wildman–Crippen LogP) is 1.01. The van der Waals surface area contributed by atoms with E-state index in [4.69, 9.17) is 15.6 Å². The molecule has 1 aromatic rings. The Kier molecular flexibility index (Phi) is 3.26. The van der Waals surface area contributed by atoms with Gasteiger partial charge < -0.3 is 15.6 Å². The van der Waals surface area contributed by atoms with Crippen LogP contribution in [-0.2, 0) is 4.79 Å². The van der Waals surface area contributed by atoms with Gasteiger partial charge in [-0.3, -0.25) is 4.79 Å². The van der Waals surface area contributed by atoms with E-state index in [1.807, 2.05) is 0 Å². The van der Waals surface area contributed by atoms with Gasteiger partial charge >= 0.3 is 5.97 Å². The quantitative estimate of drug-likeness (QED) is 0.782. The van der Waals surface area contributed by atoms with Crippen LogP contribution in [-0.4, -0.2) is 23.2 Å². The van der Waals surface area contributed by atoms with Crippen molar-refractivity contribution in [3.05, 3.63) is 30.1 Å². The average molecular weight is 213 g/mol. The largest absolute Gasteiger partial charge is 0.491 e. The number of carboxylic acids is 1. The molecule has 82 valence electrons. The van der Waals surface area contributed by atoms with Gasteiger partial charge in [-0.2, -0.15) is 0 Å². The first-order valence-electron chi connectivity index (χ1n) is 4.32. The van der Waals surface area contributed by atoms with Gasteiger partial charge in [0.25, 0.3) is 0 Å². The van der Waals surface area contributed by atoms with Crippen LogP contribution < -0.4 is 10.5 Å². The van der Waals surface area contributed by atoms with E-state index in [1.165, 1.54) is 31.2 Å². The topological polar surface area (TPSA) is 72.5 Å². The number of carbonyl (C=O) groups is 1. The third kappa shape index (κ3) is 3.21. The smallest absolute Gasteiger partial charge is 0.326 e. The molecule has 1 rings (SSSR count). The molecule has 0 aliphatic heterocycles. The van der Waals surface area contributed by atoms with Gasteiger partial charge in [0.05, 0.1) is 0 Å². The highest BCUT2D eigenvalue weighted by Gasteiger charge is 2.28. The van der Waals surface area contributed by atoms with Crippen LogP contribution in [0.1, 0.15) is 6.92 Å². The standard InChI is InChI=1S/C10H12FNO3/c1-10(12,9(13)14)6-15-8-4-2-7(11)3-5-8/h2-5H,6,12H2,1H3,(H,13,14). The Hall–Kier alpha value is -1.62. The number of hydrogen-bond donors (Lipinski definition) is 2. The maximum absolute atomic E-state index is 12.5.